The maximum atomic E-state index is 13.1. The number of benzene rings is 1. The molecule has 0 radical (unpaired) electrons. The Hall–Kier alpha value is -0.890. The van der Waals surface area contributed by atoms with Crippen molar-refractivity contribution in [3.05, 3.63) is 35.1 Å². The maximum absolute atomic E-state index is 13.1. The summed E-state index contributed by atoms with van der Waals surface area (Å²) in [6, 6.07) is 5.24. The first-order valence-corrected chi connectivity index (χ1v) is 5.56. The van der Waals surface area contributed by atoms with Crippen LogP contribution in [0.5, 0.6) is 0 Å². The van der Waals surface area contributed by atoms with Crippen molar-refractivity contribution in [3.8, 4) is 0 Å². The molecular formula is C13H19FO. The zero-order valence-electron chi connectivity index (χ0n) is 9.46. The van der Waals surface area contributed by atoms with Gasteiger partial charge in [0, 0.05) is 6.61 Å². The van der Waals surface area contributed by atoms with E-state index >= 15 is 0 Å². The number of aliphatic hydroxyl groups is 1. The third-order valence-corrected chi connectivity index (χ3v) is 2.77. The van der Waals surface area contributed by atoms with Crippen molar-refractivity contribution in [2.75, 3.05) is 6.61 Å². The van der Waals surface area contributed by atoms with Crippen molar-refractivity contribution in [1.29, 1.82) is 0 Å². The Morgan fingerprint density at radius 3 is 2.60 bits per heavy atom. The summed E-state index contributed by atoms with van der Waals surface area (Å²) >= 11 is 0. The van der Waals surface area contributed by atoms with Crippen molar-refractivity contribution in [3.63, 3.8) is 0 Å². The van der Waals surface area contributed by atoms with E-state index in [4.69, 9.17) is 5.11 Å². The SMILES string of the molecule is CCCC(CCO)c1ccc(F)c(C)c1. The van der Waals surface area contributed by atoms with Gasteiger partial charge in [-0.1, -0.05) is 25.5 Å². The molecule has 0 heterocycles. The second-order valence-electron chi connectivity index (χ2n) is 4.01. The van der Waals surface area contributed by atoms with E-state index in [1.165, 1.54) is 6.07 Å². The summed E-state index contributed by atoms with van der Waals surface area (Å²) in [6.07, 6.45) is 2.89. The van der Waals surface area contributed by atoms with Gasteiger partial charge in [-0.2, -0.15) is 0 Å². The van der Waals surface area contributed by atoms with Gasteiger partial charge in [0.2, 0.25) is 0 Å². The highest BCUT2D eigenvalue weighted by Gasteiger charge is 2.11. The molecule has 2 heteroatoms. The van der Waals surface area contributed by atoms with Crippen LogP contribution in [0.25, 0.3) is 0 Å². The second kappa shape index (κ2) is 5.86. The Kier molecular flexibility index (Phi) is 4.76. The predicted octanol–water partition coefficient (Wildman–Crippen LogP) is 3.40. The van der Waals surface area contributed by atoms with Gasteiger partial charge in [-0.05, 0) is 42.9 Å². The van der Waals surface area contributed by atoms with Gasteiger partial charge in [-0.3, -0.25) is 0 Å². The topological polar surface area (TPSA) is 20.2 Å². The number of hydrogen-bond donors (Lipinski definition) is 1. The molecule has 0 bridgehead atoms. The molecule has 0 aliphatic heterocycles. The van der Waals surface area contributed by atoms with Gasteiger partial charge in [0.1, 0.15) is 5.82 Å². The van der Waals surface area contributed by atoms with Crippen molar-refractivity contribution in [2.45, 2.75) is 39.0 Å². The minimum atomic E-state index is -0.155. The molecule has 1 aromatic rings. The highest BCUT2D eigenvalue weighted by Crippen LogP contribution is 2.26. The average molecular weight is 210 g/mol. The van der Waals surface area contributed by atoms with Crippen LogP contribution >= 0.6 is 0 Å². The Balaban J connectivity index is 2.85. The molecule has 0 aliphatic carbocycles. The quantitative estimate of drug-likeness (QED) is 0.789. The molecule has 15 heavy (non-hydrogen) atoms. The van der Waals surface area contributed by atoms with E-state index in [-0.39, 0.29) is 12.4 Å². The standard InChI is InChI=1S/C13H19FO/c1-3-4-11(7-8-15)12-5-6-13(14)10(2)9-12/h5-6,9,11,15H,3-4,7-8H2,1-2H3. The van der Waals surface area contributed by atoms with Gasteiger partial charge >= 0.3 is 0 Å². The number of aryl methyl sites for hydroxylation is 1. The van der Waals surface area contributed by atoms with Gasteiger partial charge in [0.25, 0.3) is 0 Å². The second-order valence-corrected chi connectivity index (χ2v) is 4.01. The monoisotopic (exact) mass is 210 g/mol. The third-order valence-electron chi connectivity index (χ3n) is 2.77. The highest BCUT2D eigenvalue weighted by molar-refractivity contribution is 5.26. The summed E-state index contributed by atoms with van der Waals surface area (Å²) in [5.74, 6) is 0.206. The Morgan fingerprint density at radius 2 is 2.07 bits per heavy atom. The third kappa shape index (κ3) is 3.31. The fourth-order valence-electron chi connectivity index (χ4n) is 1.90. The normalized spacial score (nSPS) is 12.8. The first kappa shape index (κ1) is 12.2. The number of aliphatic hydroxyl groups excluding tert-OH is 1. The lowest BCUT2D eigenvalue weighted by Crippen LogP contribution is -2.02. The molecule has 1 N–H and O–H groups in total. The van der Waals surface area contributed by atoms with E-state index in [1.54, 1.807) is 6.92 Å². The molecule has 1 aromatic carbocycles. The van der Waals surface area contributed by atoms with E-state index in [0.717, 1.165) is 24.8 Å². The fraction of sp³-hybridized carbons (Fsp3) is 0.538. The smallest absolute Gasteiger partial charge is 0.126 e. The lowest BCUT2D eigenvalue weighted by atomic mass is 9.91. The molecule has 1 unspecified atom stereocenters. The van der Waals surface area contributed by atoms with E-state index in [9.17, 15) is 4.39 Å². The van der Waals surface area contributed by atoms with E-state index in [1.807, 2.05) is 12.1 Å². The van der Waals surface area contributed by atoms with Crippen LogP contribution in [0.2, 0.25) is 0 Å². The molecule has 0 spiro atoms. The largest absolute Gasteiger partial charge is 0.396 e. The molecule has 0 saturated heterocycles. The van der Waals surface area contributed by atoms with E-state index in [0.29, 0.717) is 11.5 Å². The van der Waals surface area contributed by atoms with E-state index < -0.39 is 0 Å². The van der Waals surface area contributed by atoms with Crippen LogP contribution in [-0.2, 0) is 0 Å². The molecule has 1 atom stereocenters. The van der Waals surface area contributed by atoms with Crippen LogP contribution in [-0.4, -0.2) is 11.7 Å². The highest BCUT2D eigenvalue weighted by atomic mass is 19.1. The van der Waals surface area contributed by atoms with Gasteiger partial charge in [0.15, 0.2) is 0 Å². The first-order chi connectivity index (χ1) is 7.19. The summed E-state index contributed by atoms with van der Waals surface area (Å²) in [5, 5.41) is 8.97. The average Bonchev–Trinajstić information content (AvgIpc) is 2.22. The number of halogens is 1. The zero-order chi connectivity index (χ0) is 11.3. The lowest BCUT2D eigenvalue weighted by molar-refractivity contribution is 0.272. The fourth-order valence-corrected chi connectivity index (χ4v) is 1.90. The lowest BCUT2D eigenvalue weighted by Gasteiger charge is -2.16. The zero-order valence-corrected chi connectivity index (χ0v) is 9.46. The summed E-state index contributed by atoms with van der Waals surface area (Å²) in [5.41, 5.74) is 1.83. The Labute approximate surface area is 90.9 Å². The minimum Gasteiger partial charge on any atom is -0.396 e. The molecule has 1 nitrogen and oxygen atoms in total. The number of hydrogen-bond acceptors (Lipinski definition) is 1. The maximum Gasteiger partial charge on any atom is 0.126 e. The van der Waals surface area contributed by atoms with Crippen molar-refractivity contribution < 1.29 is 9.50 Å². The number of rotatable bonds is 5. The van der Waals surface area contributed by atoms with Crippen molar-refractivity contribution in [1.82, 2.24) is 0 Å². The summed E-state index contributed by atoms with van der Waals surface area (Å²) in [7, 11) is 0. The van der Waals surface area contributed by atoms with Gasteiger partial charge < -0.3 is 5.11 Å². The molecule has 0 aromatic heterocycles. The van der Waals surface area contributed by atoms with Crippen LogP contribution in [0.4, 0.5) is 4.39 Å². The molecule has 0 amide bonds. The summed E-state index contributed by atoms with van der Waals surface area (Å²) in [4.78, 5) is 0. The Morgan fingerprint density at radius 1 is 1.33 bits per heavy atom. The minimum absolute atomic E-state index is 0.155. The van der Waals surface area contributed by atoms with Crippen molar-refractivity contribution in [2.24, 2.45) is 0 Å². The van der Waals surface area contributed by atoms with Crippen LogP contribution in [0.15, 0.2) is 18.2 Å². The van der Waals surface area contributed by atoms with E-state index in [2.05, 4.69) is 6.92 Å². The van der Waals surface area contributed by atoms with Crippen LogP contribution in [0, 0.1) is 12.7 Å². The van der Waals surface area contributed by atoms with Gasteiger partial charge in [-0.15, -0.1) is 0 Å². The Bertz CT molecular complexity index is 303. The van der Waals surface area contributed by atoms with Crippen molar-refractivity contribution >= 4 is 0 Å². The summed E-state index contributed by atoms with van der Waals surface area (Å²) in [6.45, 7) is 4.10. The molecule has 84 valence electrons. The van der Waals surface area contributed by atoms with Gasteiger partial charge in [0.05, 0.1) is 0 Å². The van der Waals surface area contributed by atoms with Crippen LogP contribution in [0.3, 0.4) is 0 Å². The molecular weight excluding hydrogens is 191 g/mol. The molecule has 0 aliphatic rings. The van der Waals surface area contributed by atoms with Crippen LogP contribution < -0.4 is 0 Å². The molecule has 0 saturated carbocycles. The molecule has 1 rings (SSSR count). The molecule has 0 fully saturated rings. The summed E-state index contributed by atoms with van der Waals surface area (Å²) < 4.78 is 13.1. The first-order valence-electron chi connectivity index (χ1n) is 5.56. The predicted molar refractivity (Wildman–Crippen MR) is 60.5 cm³/mol. The van der Waals surface area contributed by atoms with Gasteiger partial charge in [-0.25, -0.2) is 4.39 Å². The van der Waals surface area contributed by atoms with Crippen LogP contribution in [0.1, 0.15) is 43.2 Å².